The van der Waals surface area contributed by atoms with E-state index in [2.05, 4.69) is 36.0 Å². The zero-order valence-corrected chi connectivity index (χ0v) is 20.7. The lowest BCUT2D eigenvalue weighted by molar-refractivity contribution is -0.128. The van der Waals surface area contributed by atoms with Crippen molar-refractivity contribution in [3.63, 3.8) is 0 Å². The predicted octanol–water partition coefficient (Wildman–Crippen LogP) is 2.77. The molecule has 0 saturated carbocycles. The summed E-state index contributed by atoms with van der Waals surface area (Å²) >= 11 is 3.19. The Labute approximate surface area is 192 Å². The first-order valence-electron chi connectivity index (χ1n) is 9.30. The average molecular weight is 570 g/mol. The Kier molecular flexibility index (Phi) is 11.3. The fourth-order valence-corrected chi connectivity index (χ4v) is 3.17. The molecule has 0 unspecified atom stereocenters. The molecule has 1 fully saturated rings. The van der Waals surface area contributed by atoms with Crippen molar-refractivity contribution in [3.05, 3.63) is 34.1 Å². The van der Waals surface area contributed by atoms with Crippen LogP contribution in [0, 0.1) is 5.82 Å². The third kappa shape index (κ3) is 7.82. The first kappa shape index (κ1) is 25.1. The van der Waals surface area contributed by atoms with Gasteiger partial charge in [-0.25, -0.2) is 4.39 Å². The summed E-state index contributed by atoms with van der Waals surface area (Å²) < 4.78 is 14.2. The molecule has 158 valence electrons. The Morgan fingerprint density at radius 1 is 1.29 bits per heavy atom. The lowest BCUT2D eigenvalue weighted by Crippen LogP contribution is -2.52. The minimum atomic E-state index is -0.222. The van der Waals surface area contributed by atoms with Gasteiger partial charge in [-0.1, -0.05) is 6.07 Å². The van der Waals surface area contributed by atoms with Gasteiger partial charge in [-0.05, 0) is 40.5 Å². The molecule has 9 heteroatoms. The van der Waals surface area contributed by atoms with E-state index >= 15 is 0 Å². The molecule has 1 aromatic rings. The number of hydrogen-bond acceptors (Lipinski definition) is 3. The maximum absolute atomic E-state index is 13.7. The lowest BCUT2D eigenvalue weighted by atomic mass is 10.2. The zero-order chi connectivity index (χ0) is 19.8. The summed E-state index contributed by atoms with van der Waals surface area (Å²) in [7, 11) is 3.52. The highest BCUT2D eigenvalue weighted by Gasteiger charge is 2.20. The van der Waals surface area contributed by atoms with Gasteiger partial charge < -0.3 is 15.1 Å². The molecule has 0 atom stereocenters. The van der Waals surface area contributed by atoms with Crippen LogP contribution in [0.3, 0.4) is 0 Å². The van der Waals surface area contributed by atoms with Gasteiger partial charge in [0.2, 0.25) is 5.91 Å². The van der Waals surface area contributed by atoms with Crippen LogP contribution >= 0.6 is 39.9 Å². The SMILES string of the molecule is CCNC(=NCCC(=O)N(C)C)N1CCN(Cc2ccc(Br)c(F)c2)CC1.I. The number of guanidine groups is 1. The van der Waals surface area contributed by atoms with Gasteiger partial charge in [0.15, 0.2) is 5.96 Å². The number of piperazine rings is 1. The summed E-state index contributed by atoms with van der Waals surface area (Å²) in [5.74, 6) is 0.722. The maximum Gasteiger partial charge on any atom is 0.223 e. The Morgan fingerprint density at radius 2 is 1.96 bits per heavy atom. The van der Waals surface area contributed by atoms with Crippen molar-refractivity contribution in [1.29, 1.82) is 0 Å². The molecule has 6 nitrogen and oxygen atoms in total. The highest BCUT2D eigenvalue weighted by Crippen LogP contribution is 2.18. The first-order valence-corrected chi connectivity index (χ1v) is 10.1. The van der Waals surface area contributed by atoms with Crippen LogP contribution < -0.4 is 5.32 Å². The second-order valence-corrected chi connectivity index (χ2v) is 7.64. The van der Waals surface area contributed by atoms with Crippen LogP contribution in [0.15, 0.2) is 27.7 Å². The Hall–Kier alpha value is -0.940. The summed E-state index contributed by atoms with van der Waals surface area (Å²) in [6.45, 7) is 7.54. The largest absolute Gasteiger partial charge is 0.357 e. The second-order valence-electron chi connectivity index (χ2n) is 6.79. The quantitative estimate of drug-likeness (QED) is 0.325. The molecule has 0 aromatic heterocycles. The molecular formula is C19H30BrFIN5O. The van der Waals surface area contributed by atoms with Gasteiger partial charge >= 0.3 is 0 Å². The van der Waals surface area contributed by atoms with E-state index in [1.807, 2.05) is 13.0 Å². The highest BCUT2D eigenvalue weighted by molar-refractivity contribution is 14.0. The van der Waals surface area contributed by atoms with Crippen LogP contribution in [-0.4, -0.2) is 79.9 Å². The number of benzene rings is 1. The van der Waals surface area contributed by atoms with Crippen molar-refractivity contribution in [2.24, 2.45) is 4.99 Å². The normalized spacial score (nSPS) is 15.2. The summed E-state index contributed by atoms with van der Waals surface area (Å²) in [5, 5.41) is 3.31. The van der Waals surface area contributed by atoms with E-state index in [1.165, 1.54) is 0 Å². The molecule has 2 rings (SSSR count). The van der Waals surface area contributed by atoms with E-state index in [4.69, 9.17) is 0 Å². The monoisotopic (exact) mass is 569 g/mol. The molecular weight excluding hydrogens is 540 g/mol. The highest BCUT2D eigenvalue weighted by atomic mass is 127. The molecule has 0 radical (unpaired) electrons. The van der Waals surface area contributed by atoms with Crippen LogP contribution in [0.5, 0.6) is 0 Å². The van der Waals surface area contributed by atoms with Crippen molar-refractivity contribution >= 4 is 51.8 Å². The summed E-state index contributed by atoms with van der Waals surface area (Å²) in [5.41, 5.74) is 0.979. The third-order valence-electron chi connectivity index (χ3n) is 4.48. The number of nitrogens with one attached hydrogen (secondary N) is 1. The molecule has 1 heterocycles. The summed E-state index contributed by atoms with van der Waals surface area (Å²) in [6, 6.07) is 5.29. The minimum absolute atomic E-state index is 0. The van der Waals surface area contributed by atoms with Gasteiger partial charge in [-0.2, -0.15) is 0 Å². The first-order chi connectivity index (χ1) is 12.9. The Bertz CT molecular complexity index is 666. The molecule has 0 aliphatic carbocycles. The summed E-state index contributed by atoms with van der Waals surface area (Å²) in [6.07, 6.45) is 0.414. The molecule has 1 saturated heterocycles. The molecule has 1 aliphatic heterocycles. The number of amides is 1. The van der Waals surface area contributed by atoms with Crippen LogP contribution in [0.25, 0.3) is 0 Å². The van der Waals surface area contributed by atoms with Gasteiger partial charge in [0.25, 0.3) is 0 Å². The van der Waals surface area contributed by atoms with Crippen molar-refractivity contribution in [2.45, 2.75) is 19.9 Å². The molecule has 0 bridgehead atoms. The topological polar surface area (TPSA) is 51.2 Å². The van der Waals surface area contributed by atoms with Gasteiger partial charge in [-0.15, -0.1) is 24.0 Å². The molecule has 0 spiro atoms. The number of carbonyl (C=O) groups excluding carboxylic acids is 1. The third-order valence-corrected chi connectivity index (χ3v) is 5.13. The van der Waals surface area contributed by atoms with Crippen LogP contribution in [0.4, 0.5) is 4.39 Å². The minimum Gasteiger partial charge on any atom is -0.357 e. The van der Waals surface area contributed by atoms with E-state index in [0.29, 0.717) is 17.4 Å². The van der Waals surface area contributed by atoms with Crippen molar-refractivity contribution in [1.82, 2.24) is 20.0 Å². The molecule has 28 heavy (non-hydrogen) atoms. The maximum atomic E-state index is 13.7. The predicted molar refractivity (Wildman–Crippen MR) is 126 cm³/mol. The number of hydrogen-bond donors (Lipinski definition) is 1. The van der Waals surface area contributed by atoms with E-state index in [1.54, 1.807) is 31.1 Å². The van der Waals surface area contributed by atoms with Crippen LogP contribution in [0.1, 0.15) is 18.9 Å². The fourth-order valence-electron chi connectivity index (χ4n) is 2.92. The van der Waals surface area contributed by atoms with E-state index in [-0.39, 0.29) is 35.7 Å². The second kappa shape index (κ2) is 12.6. The smallest absolute Gasteiger partial charge is 0.223 e. The summed E-state index contributed by atoms with van der Waals surface area (Å²) in [4.78, 5) is 22.4. The zero-order valence-electron chi connectivity index (χ0n) is 16.8. The van der Waals surface area contributed by atoms with Gasteiger partial charge in [0.1, 0.15) is 5.82 Å². The van der Waals surface area contributed by atoms with Crippen LogP contribution in [-0.2, 0) is 11.3 Å². The van der Waals surface area contributed by atoms with Crippen LogP contribution in [0.2, 0.25) is 0 Å². The number of carbonyl (C=O) groups is 1. The molecule has 1 N–H and O–H groups in total. The van der Waals surface area contributed by atoms with E-state index in [0.717, 1.165) is 50.8 Å². The molecule has 1 aliphatic rings. The molecule has 1 amide bonds. The lowest BCUT2D eigenvalue weighted by Gasteiger charge is -2.36. The number of halogens is 3. The molecule has 1 aromatic carbocycles. The van der Waals surface area contributed by atoms with E-state index < -0.39 is 0 Å². The average Bonchev–Trinajstić information content (AvgIpc) is 2.64. The van der Waals surface area contributed by atoms with E-state index in [9.17, 15) is 9.18 Å². The van der Waals surface area contributed by atoms with Crippen molar-refractivity contribution < 1.29 is 9.18 Å². The van der Waals surface area contributed by atoms with Gasteiger partial charge in [0.05, 0.1) is 11.0 Å². The van der Waals surface area contributed by atoms with Gasteiger partial charge in [0, 0.05) is 59.8 Å². The standard InChI is InChI=1S/C19H29BrFN5O.HI/c1-4-22-19(23-8-7-18(27)24(2)3)26-11-9-25(10-12-26)14-15-5-6-16(20)17(21)13-15;/h5-6,13H,4,7-12,14H2,1-3H3,(H,22,23);1H. The fraction of sp³-hybridized carbons (Fsp3) is 0.579. The van der Waals surface area contributed by atoms with Crippen molar-refractivity contribution in [3.8, 4) is 0 Å². The van der Waals surface area contributed by atoms with Gasteiger partial charge in [-0.3, -0.25) is 14.7 Å². The van der Waals surface area contributed by atoms with Crippen molar-refractivity contribution in [2.75, 3.05) is 53.4 Å². The number of rotatable bonds is 6. The Balaban J connectivity index is 0.00000392. The number of nitrogens with zero attached hydrogens (tertiary/aromatic N) is 4. The Morgan fingerprint density at radius 3 is 2.54 bits per heavy atom. The number of aliphatic imine (C=N–C) groups is 1.